The van der Waals surface area contributed by atoms with Crippen LogP contribution < -0.4 is 16.0 Å². The van der Waals surface area contributed by atoms with E-state index in [2.05, 4.69) is 38.3 Å². The summed E-state index contributed by atoms with van der Waals surface area (Å²) in [5.74, 6) is 0.555. The standard InChI is InChI=1S/C23H25N5O2S/c1-24-22(29)8-9-31-21-11-16(18-13-26-27-14-18)6-7-19(21)28-23(30)20-10-15-4-2-3-5-17(15)12-25-20/h2-7,11,13-14,20,25H,8-10,12H2,1H3,(H,24,29)(H,26,27)(H,28,30)/t20-/m1/s1. The average Bonchev–Trinajstić information content (AvgIpc) is 3.34. The van der Waals surface area contributed by atoms with E-state index in [0.717, 1.165) is 21.7 Å². The van der Waals surface area contributed by atoms with Crippen molar-refractivity contribution in [2.24, 2.45) is 0 Å². The Kier molecular flexibility index (Phi) is 6.69. The molecule has 1 atom stereocenters. The van der Waals surface area contributed by atoms with Crippen LogP contribution >= 0.6 is 11.8 Å². The molecule has 31 heavy (non-hydrogen) atoms. The first-order chi connectivity index (χ1) is 15.1. The van der Waals surface area contributed by atoms with Gasteiger partial charge in [-0.05, 0) is 35.2 Å². The molecule has 160 valence electrons. The van der Waals surface area contributed by atoms with Crippen molar-refractivity contribution in [3.63, 3.8) is 0 Å². The number of fused-ring (bicyclic) bond motifs is 1. The fourth-order valence-corrected chi connectivity index (χ4v) is 4.56. The molecule has 0 aliphatic carbocycles. The van der Waals surface area contributed by atoms with Gasteiger partial charge < -0.3 is 16.0 Å². The minimum absolute atomic E-state index is 0.00542. The quantitative estimate of drug-likeness (QED) is 0.428. The third-order valence-electron chi connectivity index (χ3n) is 5.33. The molecular weight excluding hydrogens is 410 g/mol. The predicted molar refractivity (Wildman–Crippen MR) is 123 cm³/mol. The van der Waals surface area contributed by atoms with Crippen molar-refractivity contribution >= 4 is 29.3 Å². The molecule has 1 aromatic heterocycles. The molecule has 2 aromatic carbocycles. The number of aromatic nitrogens is 2. The van der Waals surface area contributed by atoms with Crippen LogP contribution in [-0.2, 0) is 22.6 Å². The Labute approximate surface area is 185 Å². The Hall–Kier alpha value is -3.10. The van der Waals surface area contributed by atoms with Crippen molar-refractivity contribution in [1.82, 2.24) is 20.8 Å². The van der Waals surface area contributed by atoms with E-state index < -0.39 is 0 Å². The Morgan fingerprint density at radius 1 is 1.16 bits per heavy atom. The fraction of sp³-hybridized carbons (Fsp3) is 0.261. The zero-order chi connectivity index (χ0) is 21.6. The first-order valence-corrected chi connectivity index (χ1v) is 11.2. The summed E-state index contributed by atoms with van der Waals surface area (Å²) >= 11 is 1.55. The highest BCUT2D eigenvalue weighted by Crippen LogP contribution is 2.33. The highest BCUT2D eigenvalue weighted by atomic mass is 32.2. The molecule has 1 aliphatic rings. The smallest absolute Gasteiger partial charge is 0.241 e. The van der Waals surface area contributed by atoms with E-state index in [1.54, 1.807) is 25.0 Å². The third kappa shape index (κ3) is 5.15. The van der Waals surface area contributed by atoms with Gasteiger partial charge in [0.25, 0.3) is 0 Å². The fourth-order valence-electron chi connectivity index (χ4n) is 3.57. The second-order valence-electron chi connectivity index (χ2n) is 7.37. The molecule has 0 radical (unpaired) electrons. The monoisotopic (exact) mass is 435 g/mol. The van der Waals surface area contributed by atoms with Crippen molar-refractivity contribution in [3.8, 4) is 11.1 Å². The van der Waals surface area contributed by atoms with Gasteiger partial charge in [0.2, 0.25) is 11.8 Å². The Morgan fingerprint density at radius 3 is 2.77 bits per heavy atom. The lowest BCUT2D eigenvalue weighted by atomic mass is 9.95. The Bertz CT molecular complexity index is 1070. The van der Waals surface area contributed by atoms with Gasteiger partial charge in [-0.1, -0.05) is 30.3 Å². The van der Waals surface area contributed by atoms with E-state index in [4.69, 9.17) is 0 Å². The lowest BCUT2D eigenvalue weighted by molar-refractivity contribution is -0.120. The minimum Gasteiger partial charge on any atom is -0.359 e. The van der Waals surface area contributed by atoms with E-state index in [9.17, 15) is 9.59 Å². The van der Waals surface area contributed by atoms with E-state index in [1.165, 1.54) is 11.1 Å². The summed E-state index contributed by atoms with van der Waals surface area (Å²) in [5.41, 5.74) is 5.16. The minimum atomic E-state index is -0.285. The first-order valence-electron chi connectivity index (χ1n) is 10.2. The molecule has 4 rings (SSSR count). The van der Waals surface area contributed by atoms with Crippen molar-refractivity contribution in [2.45, 2.75) is 30.3 Å². The maximum atomic E-state index is 13.0. The third-order valence-corrected chi connectivity index (χ3v) is 6.39. The molecule has 7 nitrogen and oxygen atoms in total. The number of aromatic amines is 1. The van der Waals surface area contributed by atoms with Crippen molar-refractivity contribution in [1.29, 1.82) is 0 Å². The number of carbonyl (C=O) groups is 2. The molecule has 3 aromatic rings. The molecule has 4 N–H and O–H groups in total. The SMILES string of the molecule is CNC(=O)CCSc1cc(-c2cn[nH]c2)ccc1NC(=O)[C@H]1Cc2ccccc2CN1. The number of nitrogens with zero attached hydrogens (tertiary/aromatic N) is 1. The average molecular weight is 436 g/mol. The van der Waals surface area contributed by atoms with Gasteiger partial charge in [-0.15, -0.1) is 11.8 Å². The summed E-state index contributed by atoms with van der Waals surface area (Å²) < 4.78 is 0. The molecular formula is C23H25N5O2S. The van der Waals surface area contributed by atoms with Crippen LogP contribution in [-0.4, -0.2) is 40.9 Å². The summed E-state index contributed by atoms with van der Waals surface area (Å²) in [6, 6.07) is 13.8. The number of hydrogen-bond acceptors (Lipinski definition) is 5. The molecule has 0 saturated heterocycles. The van der Waals surface area contributed by atoms with Gasteiger partial charge >= 0.3 is 0 Å². The van der Waals surface area contributed by atoms with Crippen LogP contribution in [0.2, 0.25) is 0 Å². The van der Waals surface area contributed by atoms with E-state index in [0.29, 0.717) is 25.1 Å². The molecule has 0 unspecified atom stereocenters. The van der Waals surface area contributed by atoms with Crippen LogP contribution in [0.1, 0.15) is 17.5 Å². The maximum Gasteiger partial charge on any atom is 0.241 e. The number of anilines is 1. The molecule has 0 saturated carbocycles. The van der Waals surface area contributed by atoms with Crippen molar-refractivity contribution < 1.29 is 9.59 Å². The highest BCUT2D eigenvalue weighted by Gasteiger charge is 2.24. The Morgan fingerprint density at radius 2 is 2.00 bits per heavy atom. The van der Waals surface area contributed by atoms with Crippen LogP contribution in [0, 0.1) is 0 Å². The van der Waals surface area contributed by atoms with Gasteiger partial charge in [0.15, 0.2) is 0 Å². The number of nitrogens with one attached hydrogen (secondary N) is 4. The summed E-state index contributed by atoms with van der Waals surface area (Å²) in [4.78, 5) is 25.5. The van der Waals surface area contributed by atoms with Gasteiger partial charge in [0.05, 0.1) is 17.9 Å². The number of carbonyl (C=O) groups excluding carboxylic acids is 2. The first kappa shape index (κ1) is 21.1. The molecule has 2 amide bonds. The molecule has 8 heteroatoms. The van der Waals surface area contributed by atoms with Crippen LogP contribution in [0.4, 0.5) is 5.69 Å². The summed E-state index contributed by atoms with van der Waals surface area (Å²) in [7, 11) is 1.63. The van der Waals surface area contributed by atoms with Crippen LogP contribution in [0.25, 0.3) is 11.1 Å². The van der Waals surface area contributed by atoms with E-state index >= 15 is 0 Å². The van der Waals surface area contributed by atoms with Crippen molar-refractivity contribution in [3.05, 3.63) is 66.0 Å². The second kappa shape index (κ2) is 9.80. The number of thioether (sulfide) groups is 1. The number of hydrogen-bond donors (Lipinski definition) is 4. The zero-order valence-corrected chi connectivity index (χ0v) is 18.1. The van der Waals surface area contributed by atoms with E-state index in [-0.39, 0.29) is 17.9 Å². The van der Waals surface area contributed by atoms with Gasteiger partial charge in [-0.3, -0.25) is 14.7 Å². The Balaban J connectivity index is 1.50. The lowest BCUT2D eigenvalue weighted by Gasteiger charge is -2.25. The summed E-state index contributed by atoms with van der Waals surface area (Å²) in [6.45, 7) is 0.682. The van der Waals surface area contributed by atoms with E-state index in [1.807, 2.05) is 36.5 Å². The molecule has 0 fully saturated rings. The van der Waals surface area contributed by atoms with Crippen LogP contribution in [0.15, 0.2) is 59.8 Å². The topological polar surface area (TPSA) is 98.9 Å². The molecule has 1 aliphatic heterocycles. The molecule has 2 heterocycles. The number of rotatable bonds is 7. The lowest BCUT2D eigenvalue weighted by Crippen LogP contribution is -2.44. The zero-order valence-electron chi connectivity index (χ0n) is 17.3. The summed E-state index contributed by atoms with van der Waals surface area (Å²) in [5, 5.41) is 15.9. The second-order valence-corrected chi connectivity index (χ2v) is 8.50. The van der Waals surface area contributed by atoms with Gasteiger partial charge in [0, 0.05) is 42.4 Å². The largest absolute Gasteiger partial charge is 0.359 e. The normalized spacial score (nSPS) is 15.2. The number of benzene rings is 2. The van der Waals surface area contributed by atoms with Crippen LogP contribution in [0.3, 0.4) is 0 Å². The van der Waals surface area contributed by atoms with Gasteiger partial charge in [-0.2, -0.15) is 5.10 Å². The highest BCUT2D eigenvalue weighted by molar-refractivity contribution is 7.99. The van der Waals surface area contributed by atoms with Crippen LogP contribution in [0.5, 0.6) is 0 Å². The maximum absolute atomic E-state index is 13.0. The van der Waals surface area contributed by atoms with Gasteiger partial charge in [-0.25, -0.2) is 0 Å². The van der Waals surface area contributed by atoms with Crippen molar-refractivity contribution in [2.75, 3.05) is 18.1 Å². The number of H-pyrrole nitrogens is 1. The molecule has 0 spiro atoms. The molecule has 0 bridgehead atoms. The number of amides is 2. The van der Waals surface area contributed by atoms with Gasteiger partial charge in [0.1, 0.15) is 0 Å². The summed E-state index contributed by atoms with van der Waals surface area (Å²) in [6.07, 6.45) is 4.66. The predicted octanol–water partition coefficient (Wildman–Crippen LogP) is 2.96.